The van der Waals surface area contributed by atoms with E-state index in [9.17, 15) is 4.79 Å². The van der Waals surface area contributed by atoms with Gasteiger partial charge in [-0.3, -0.25) is 9.48 Å². The number of carbonyl (C=O) groups excluding carboxylic acids is 1. The first kappa shape index (κ1) is 14.9. The van der Waals surface area contributed by atoms with E-state index in [0.29, 0.717) is 18.4 Å². The van der Waals surface area contributed by atoms with Crippen molar-refractivity contribution >= 4 is 17.7 Å². The largest absolute Gasteiger partial charge is 0.338 e. The van der Waals surface area contributed by atoms with Crippen molar-refractivity contribution in [2.24, 2.45) is 13.0 Å². The lowest BCUT2D eigenvalue weighted by Crippen LogP contribution is -2.35. The molecule has 2 fully saturated rings. The van der Waals surface area contributed by atoms with Crippen molar-refractivity contribution in [3.8, 4) is 0 Å². The molecule has 0 saturated carbocycles. The highest BCUT2D eigenvalue weighted by Crippen LogP contribution is 2.38. The van der Waals surface area contributed by atoms with Gasteiger partial charge in [-0.1, -0.05) is 0 Å². The second-order valence-corrected chi connectivity index (χ2v) is 7.34. The third-order valence-electron chi connectivity index (χ3n) is 4.88. The number of aromatic nitrogens is 2. The van der Waals surface area contributed by atoms with Crippen LogP contribution in [0.5, 0.6) is 0 Å². The zero-order chi connectivity index (χ0) is 15.0. The number of aryl methyl sites for hydroxylation is 1. The van der Waals surface area contributed by atoms with Gasteiger partial charge >= 0.3 is 0 Å². The van der Waals surface area contributed by atoms with Gasteiger partial charge in [0.25, 0.3) is 0 Å². The van der Waals surface area contributed by atoms with Crippen LogP contribution in [0.3, 0.4) is 0 Å². The number of nitrogens with zero attached hydrogens (tertiary/aromatic N) is 3. The SMILES string of the molecule is Cc1c([C@H]2[C@H](CN[C@H]3CCSC3)CC(=O)N2C)cnn1C. The first-order valence-corrected chi connectivity index (χ1v) is 8.78. The summed E-state index contributed by atoms with van der Waals surface area (Å²) >= 11 is 2.02. The molecular formula is C15H24N4OS. The fourth-order valence-corrected chi connectivity index (χ4v) is 4.60. The molecule has 0 aromatic carbocycles. The fraction of sp³-hybridized carbons (Fsp3) is 0.733. The minimum Gasteiger partial charge on any atom is -0.338 e. The summed E-state index contributed by atoms with van der Waals surface area (Å²) in [6.45, 7) is 3.00. The van der Waals surface area contributed by atoms with E-state index in [-0.39, 0.29) is 11.9 Å². The monoisotopic (exact) mass is 308 g/mol. The number of thioether (sulfide) groups is 1. The molecule has 0 aliphatic carbocycles. The Kier molecular flexibility index (Phi) is 4.26. The zero-order valence-corrected chi connectivity index (χ0v) is 13.8. The summed E-state index contributed by atoms with van der Waals surface area (Å²) in [5.41, 5.74) is 2.35. The predicted octanol–water partition coefficient (Wildman–Crippen LogP) is 1.34. The number of likely N-dealkylation sites (tertiary alicyclic amines) is 1. The van der Waals surface area contributed by atoms with Crippen LogP contribution in [0.1, 0.15) is 30.1 Å². The second kappa shape index (κ2) is 6.01. The first-order chi connectivity index (χ1) is 10.1. The molecule has 116 valence electrons. The molecule has 21 heavy (non-hydrogen) atoms. The molecule has 1 aromatic heterocycles. The molecule has 1 aromatic rings. The molecule has 0 bridgehead atoms. The van der Waals surface area contributed by atoms with Gasteiger partial charge in [0.15, 0.2) is 0 Å². The second-order valence-electron chi connectivity index (χ2n) is 6.19. The van der Waals surface area contributed by atoms with Crippen LogP contribution in [-0.4, -0.2) is 51.7 Å². The molecule has 3 heterocycles. The van der Waals surface area contributed by atoms with Crippen LogP contribution in [0.25, 0.3) is 0 Å². The summed E-state index contributed by atoms with van der Waals surface area (Å²) in [4.78, 5) is 14.1. The average Bonchev–Trinajstić information content (AvgIpc) is 3.14. The summed E-state index contributed by atoms with van der Waals surface area (Å²) in [6.07, 6.45) is 3.81. The molecule has 0 radical (unpaired) electrons. The summed E-state index contributed by atoms with van der Waals surface area (Å²) < 4.78 is 1.89. The quantitative estimate of drug-likeness (QED) is 0.912. The van der Waals surface area contributed by atoms with Crippen LogP contribution in [-0.2, 0) is 11.8 Å². The highest BCUT2D eigenvalue weighted by atomic mass is 32.2. The van der Waals surface area contributed by atoms with E-state index >= 15 is 0 Å². The van der Waals surface area contributed by atoms with Crippen molar-refractivity contribution in [3.63, 3.8) is 0 Å². The molecule has 2 saturated heterocycles. The van der Waals surface area contributed by atoms with Gasteiger partial charge in [0.2, 0.25) is 5.91 Å². The maximum atomic E-state index is 12.1. The van der Waals surface area contributed by atoms with Crippen molar-refractivity contribution in [2.75, 3.05) is 25.1 Å². The maximum Gasteiger partial charge on any atom is 0.223 e. The topological polar surface area (TPSA) is 50.2 Å². The highest BCUT2D eigenvalue weighted by molar-refractivity contribution is 7.99. The first-order valence-electron chi connectivity index (χ1n) is 7.63. The Bertz CT molecular complexity index is 524. The molecule has 2 aliphatic rings. The minimum absolute atomic E-state index is 0.160. The molecule has 3 atom stereocenters. The van der Waals surface area contributed by atoms with E-state index in [2.05, 4.69) is 17.3 Å². The van der Waals surface area contributed by atoms with Crippen molar-refractivity contribution in [3.05, 3.63) is 17.5 Å². The van der Waals surface area contributed by atoms with Crippen molar-refractivity contribution in [2.45, 2.75) is 31.8 Å². The molecule has 1 N–H and O–H groups in total. The molecule has 5 nitrogen and oxygen atoms in total. The van der Waals surface area contributed by atoms with Gasteiger partial charge in [-0.15, -0.1) is 0 Å². The van der Waals surface area contributed by atoms with E-state index in [1.54, 1.807) is 0 Å². The molecule has 2 aliphatic heterocycles. The number of nitrogens with one attached hydrogen (secondary N) is 1. The Balaban J connectivity index is 1.74. The van der Waals surface area contributed by atoms with E-state index < -0.39 is 0 Å². The predicted molar refractivity (Wildman–Crippen MR) is 85.3 cm³/mol. The number of carbonyl (C=O) groups is 1. The van der Waals surface area contributed by atoms with Gasteiger partial charge in [-0.2, -0.15) is 16.9 Å². The Morgan fingerprint density at radius 2 is 2.29 bits per heavy atom. The van der Waals surface area contributed by atoms with Gasteiger partial charge < -0.3 is 10.2 Å². The zero-order valence-electron chi connectivity index (χ0n) is 13.0. The smallest absolute Gasteiger partial charge is 0.223 e. The van der Waals surface area contributed by atoms with E-state index in [0.717, 1.165) is 12.2 Å². The summed E-state index contributed by atoms with van der Waals surface area (Å²) in [5, 5.41) is 8.01. The van der Waals surface area contributed by atoms with Crippen molar-refractivity contribution in [1.82, 2.24) is 20.0 Å². The molecule has 3 rings (SSSR count). The van der Waals surface area contributed by atoms with Crippen LogP contribution in [0, 0.1) is 12.8 Å². The highest BCUT2D eigenvalue weighted by Gasteiger charge is 2.40. The molecule has 1 amide bonds. The Labute approximate surface area is 130 Å². The normalized spacial score (nSPS) is 29.6. The van der Waals surface area contributed by atoms with Gasteiger partial charge in [-0.05, 0) is 19.1 Å². The van der Waals surface area contributed by atoms with Gasteiger partial charge in [-0.25, -0.2) is 0 Å². The number of hydrogen-bond donors (Lipinski definition) is 1. The fourth-order valence-electron chi connectivity index (χ4n) is 3.42. The maximum absolute atomic E-state index is 12.1. The van der Waals surface area contributed by atoms with E-state index in [4.69, 9.17) is 0 Å². The van der Waals surface area contributed by atoms with E-state index in [1.807, 2.05) is 41.6 Å². The Hall–Kier alpha value is -1.01. The van der Waals surface area contributed by atoms with E-state index in [1.165, 1.54) is 23.5 Å². The summed E-state index contributed by atoms with van der Waals surface area (Å²) in [5.74, 6) is 3.05. The van der Waals surface area contributed by atoms with Crippen LogP contribution >= 0.6 is 11.8 Å². The molecule has 6 heteroatoms. The van der Waals surface area contributed by atoms with Gasteiger partial charge in [0.05, 0.1) is 12.2 Å². The molecule has 0 unspecified atom stereocenters. The average molecular weight is 308 g/mol. The minimum atomic E-state index is 0.160. The van der Waals surface area contributed by atoms with Crippen molar-refractivity contribution < 1.29 is 4.79 Å². The third kappa shape index (κ3) is 2.83. The van der Waals surface area contributed by atoms with Crippen LogP contribution in [0.2, 0.25) is 0 Å². The standard InChI is InChI=1S/C15H24N4OS/c1-10-13(8-17-19(10)3)15-11(6-14(20)18(15)2)7-16-12-4-5-21-9-12/h8,11-12,15-16H,4-7,9H2,1-3H3/t11-,12-,15+/m0/s1. The van der Waals surface area contributed by atoms with Gasteiger partial charge in [0.1, 0.15) is 0 Å². The molecule has 0 spiro atoms. The summed E-state index contributed by atoms with van der Waals surface area (Å²) in [7, 11) is 3.88. The lowest BCUT2D eigenvalue weighted by molar-refractivity contribution is -0.127. The van der Waals surface area contributed by atoms with Crippen molar-refractivity contribution in [1.29, 1.82) is 0 Å². The van der Waals surface area contributed by atoms with Crippen LogP contribution in [0.15, 0.2) is 6.20 Å². The molecular weight excluding hydrogens is 284 g/mol. The van der Waals surface area contributed by atoms with Gasteiger partial charge in [0, 0.05) is 56.0 Å². The van der Waals surface area contributed by atoms with Crippen LogP contribution < -0.4 is 5.32 Å². The Morgan fingerprint density at radius 1 is 1.48 bits per heavy atom. The third-order valence-corrected chi connectivity index (χ3v) is 6.05. The lowest BCUT2D eigenvalue weighted by atomic mass is 9.93. The number of rotatable bonds is 4. The number of hydrogen-bond acceptors (Lipinski definition) is 4. The summed E-state index contributed by atoms with van der Waals surface area (Å²) in [6, 6.07) is 0.777. The number of amides is 1. The lowest BCUT2D eigenvalue weighted by Gasteiger charge is -2.26. The van der Waals surface area contributed by atoms with Crippen LogP contribution in [0.4, 0.5) is 0 Å². The Morgan fingerprint density at radius 3 is 2.90 bits per heavy atom.